The summed E-state index contributed by atoms with van der Waals surface area (Å²) >= 11 is 1.29. The standard InChI is InChI=1S/C21H19F2N3OS/c22-15-6-4-14(5-7-15)20-24-18-9-8-16(23)12-17(18)21(25-20)28-13-19(27)26-10-2-1-3-11-26/h4-9,12H,1-3,10-11,13H2. The van der Waals surface area contributed by atoms with Gasteiger partial charge in [0.1, 0.15) is 16.7 Å². The van der Waals surface area contributed by atoms with Crippen LogP contribution in [0.15, 0.2) is 47.5 Å². The molecule has 2 aromatic carbocycles. The summed E-state index contributed by atoms with van der Waals surface area (Å²) in [5, 5.41) is 1.12. The van der Waals surface area contributed by atoms with E-state index in [1.807, 2.05) is 4.90 Å². The van der Waals surface area contributed by atoms with Crippen LogP contribution in [0.2, 0.25) is 0 Å². The Hall–Kier alpha value is -2.54. The Morgan fingerprint density at radius 2 is 1.68 bits per heavy atom. The number of carbonyl (C=O) groups excluding carboxylic acids is 1. The number of aromatic nitrogens is 2. The highest BCUT2D eigenvalue weighted by Gasteiger charge is 2.18. The molecule has 0 N–H and O–H groups in total. The Labute approximate surface area is 166 Å². The zero-order chi connectivity index (χ0) is 19.5. The minimum absolute atomic E-state index is 0.0659. The predicted molar refractivity (Wildman–Crippen MR) is 106 cm³/mol. The fraction of sp³-hybridized carbons (Fsp3) is 0.286. The number of halogens is 2. The van der Waals surface area contributed by atoms with Gasteiger partial charge in [0.15, 0.2) is 5.82 Å². The molecule has 0 unspecified atom stereocenters. The number of benzene rings is 2. The van der Waals surface area contributed by atoms with E-state index in [2.05, 4.69) is 9.97 Å². The van der Waals surface area contributed by atoms with Crippen molar-refractivity contribution in [1.29, 1.82) is 0 Å². The lowest BCUT2D eigenvalue weighted by Crippen LogP contribution is -2.36. The minimum atomic E-state index is -0.380. The average Bonchev–Trinajstić information content (AvgIpc) is 2.73. The molecule has 1 aromatic heterocycles. The summed E-state index contributed by atoms with van der Waals surface area (Å²) in [7, 11) is 0. The van der Waals surface area contributed by atoms with Gasteiger partial charge in [-0.1, -0.05) is 11.8 Å². The maximum atomic E-state index is 13.8. The summed E-state index contributed by atoms with van der Waals surface area (Å²) in [5.41, 5.74) is 1.25. The average molecular weight is 399 g/mol. The quantitative estimate of drug-likeness (QED) is 0.472. The summed E-state index contributed by atoms with van der Waals surface area (Å²) < 4.78 is 27.0. The molecule has 4 rings (SSSR count). The van der Waals surface area contributed by atoms with E-state index in [4.69, 9.17) is 0 Å². The van der Waals surface area contributed by atoms with Gasteiger partial charge in [-0.3, -0.25) is 4.79 Å². The third-order valence-electron chi connectivity index (χ3n) is 4.77. The van der Waals surface area contributed by atoms with Crippen molar-refractivity contribution in [2.75, 3.05) is 18.8 Å². The molecule has 1 saturated heterocycles. The molecule has 1 amide bonds. The highest BCUT2D eigenvalue weighted by Crippen LogP contribution is 2.29. The number of nitrogens with zero attached hydrogens (tertiary/aromatic N) is 3. The fourth-order valence-electron chi connectivity index (χ4n) is 3.28. The molecule has 4 nitrogen and oxygen atoms in total. The van der Waals surface area contributed by atoms with E-state index in [0.717, 1.165) is 32.4 Å². The summed E-state index contributed by atoms with van der Waals surface area (Å²) in [6, 6.07) is 10.2. The van der Waals surface area contributed by atoms with Crippen molar-refractivity contribution < 1.29 is 13.6 Å². The maximum absolute atomic E-state index is 13.8. The summed E-state index contributed by atoms with van der Waals surface area (Å²) in [6.45, 7) is 1.58. The van der Waals surface area contributed by atoms with E-state index in [9.17, 15) is 13.6 Å². The van der Waals surface area contributed by atoms with Crippen molar-refractivity contribution in [3.05, 3.63) is 54.1 Å². The van der Waals surface area contributed by atoms with Crippen LogP contribution in [-0.2, 0) is 4.79 Å². The second kappa shape index (κ2) is 8.22. The minimum Gasteiger partial charge on any atom is -0.342 e. The SMILES string of the molecule is O=C(CSc1nc(-c2ccc(F)cc2)nc2ccc(F)cc12)N1CCCCC1. The topological polar surface area (TPSA) is 46.1 Å². The Kier molecular flexibility index (Phi) is 5.52. The van der Waals surface area contributed by atoms with Gasteiger partial charge < -0.3 is 4.90 Å². The molecule has 2 heterocycles. The van der Waals surface area contributed by atoms with E-state index in [1.165, 1.54) is 36.0 Å². The summed E-state index contributed by atoms with van der Waals surface area (Å²) in [4.78, 5) is 23.4. The van der Waals surface area contributed by atoms with Gasteiger partial charge >= 0.3 is 0 Å². The van der Waals surface area contributed by atoms with Crippen LogP contribution in [0.25, 0.3) is 22.3 Å². The molecule has 3 aromatic rings. The zero-order valence-electron chi connectivity index (χ0n) is 15.2. The first-order valence-corrected chi connectivity index (χ1v) is 10.2. The van der Waals surface area contributed by atoms with Gasteiger partial charge in [-0.25, -0.2) is 18.7 Å². The molecule has 28 heavy (non-hydrogen) atoms. The van der Waals surface area contributed by atoms with Crippen LogP contribution in [0.1, 0.15) is 19.3 Å². The molecule has 144 valence electrons. The van der Waals surface area contributed by atoms with Crippen LogP contribution >= 0.6 is 11.8 Å². The molecular formula is C21H19F2N3OS. The largest absolute Gasteiger partial charge is 0.342 e. The number of carbonyl (C=O) groups is 1. The number of hydrogen-bond donors (Lipinski definition) is 0. The molecule has 0 spiro atoms. The maximum Gasteiger partial charge on any atom is 0.232 e. The van der Waals surface area contributed by atoms with E-state index in [0.29, 0.717) is 27.3 Å². The lowest BCUT2D eigenvalue weighted by atomic mass is 10.1. The normalized spacial score (nSPS) is 14.4. The molecule has 0 bridgehead atoms. The van der Waals surface area contributed by atoms with Crippen LogP contribution in [0, 0.1) is 11.6 Å². The van der Waals surface area contributed by atoms with Crippen molar-refractivity contribution in [3.8, 4) is 11.4 Å². The number of amides is 1. The van der Waals surface area contributed by atoms with Crippen molar-refractivity contribution in [1.82, 2.24) is 14.9 Å². The zero-order valence-corrected chi connectivity index (χ0v) is 16.0. The molecule has 7 heteroatoms. The number of hydrogen-bond acceptors (Lipinski definition) is 4. The van der Waals surface area contributed by atoms with Crippen LogP contribution in [-0.4, -0.2) is 39.6 Å². The second-order valence-corrected chi connectivity index (χ2v) is 7.71. The van der Waals surface area contributed by atoms with E-state index in [-0.39, 0.29) is 23.3 Å². The van der Waals surface area contributed by atoms with E-state index >= 15 is 0 Å². The molecular weight excluding hydrogens is 380 g/mol. The van der Waals surface area contributed by atoms with Crippen LogP contribution in [0.4, 0.5) is 8.78 Å². The van der Waals surface area contributed by atoms with Gasteiger partial charge in [0.25, 0.3) is 0 Å². The Balaban J connectivity index is 1.65. The second-order valence-electron chi connectivity index (χ2n) is 6.75. The van der Waals surface area contributed by atoms with Crippen molar-refractivity contribution in [3.63, 3.8) is 0 Å². The number of piperidine rings is 1. The van der Waals surface area contributed by atoms with Gasteiger partial charge in [-0.15, -0.1) is 0 Å². The molecule has 1 aliphatic rings. The molecule has 0 aliphatic carbocycles. The third-order valence-corrected chi connectivity index (χ3v) is 5.74. The monoisotopic (exact) mass is 399 g/mol. The first-order chi connectivity index (χ1) is 13.6. The van der Waals surface area contributed by atoms with Crippen molar-refractivity contribution in [2.45, 2.75) is 24.3 Å². The van der Waals surface area contributed by atoms with Gasteiger partial charge in [0.2, 0.25) is 5.91 Å². The van der Waals surface area contributed by atoms with Gasteiger partial charge in [0.05, 0.1) is 11.3 Å². The highest BCUT2D eigenvalue weighted by molar-refractivity contribution is 8.00. The molecule has 1 aliphatic heterocycles. The first-order valence-electron chi connectivity index (χ1n) is 9.24. The van der Waals surface area contributed by atoms with E-state index in [1.54, 1.807) is 18.2 Å². The predicted octanol–water partition coefficient (Wildman–Crippen LogP) is 4.68. The van der Waals surface area contributed by atoms with Crippen LogP contribution in [0.3, 0.4) is 0 Å². The summed E-state index contributed by atoms with van der Waals surface area (Å²) in [6.07, 6.45) is 3.23. The molecule has 1 fully saturated rings. The number of likely N-dealkylation sites (tertiary alicyclic amines) is 1. The highest BCUT2D eigenvalue weighted by atomic mass is 32.2. The lowest BCUT2D eigenvalue weighted by molar-refractivity contribution is -0.129. The Bertz CT molecular complexity index is 1000. The van der Waals surface area contributed by atoms with E-state index < -0.39 is 0 Å². The van der Waals surface area contributed by atoms with Crippen molar-refractivity contribution >= 4 is 28.6 Å². The molecule has 0 radical (unpaired) electrons. The number of rotatable bonds is 4. The fourth-order valence-corrected chi connectivity index (χ4v) is 4.19. The molecule has 0 saturated carbocycles. The molecule has 0 atom stereocenters. The number of thioether (sulfide) groups is 1. The van der Waals surface area contributed by atoms with Crippen LogP contribution in [0.5, 0.6) is 0 Å². The van der Waals surface area contributed by atoms with Gasteiger partial charge in [-0.2, -0.15) is 0 Å². The Morgan fingerprint density at radius 3 is 2.43 bits per heavy atom. The van der Waals surface area contributed by atoms with Gasteiger partial charge in [0, 0.05) is 24.0 Å². The number of fused-ring (bicyclic) bond motifs is 1. The first kappa shape index (κ1) is 18.8. The lowest BCUT2D eigenvalue weighted by Gasteiger charge is -2.26. The third kappa shape index (κ3) is 4.14. The van der Waals surface area contributed by atoms with Gasteiger partial charge in [-0.05, 0) is 61.7 Å². The Morgan fingerprint density at radius 1 is 0.964 bits per heavy atom. The smallest absolute Gasteiger partial charge is 0.232 e. The summed E-state index contributed by atoms with van der Waals surface area (Å²) in [5.74, 6) is 0.0114. The van der Waals surface area contributed by atoms with Crippen molar-refractivity contribution in [2.24, 2.45) is 0 Å². The van der Waals surface area contributed by atoms with Crippen LogP contribution < -0.4 is 0 Å².